The van der Waals surface area contributed by atoms with Crippen molar-refractivity contribution < 1.29 is 14.0 Å². The van der Waals surface area contributed by atoms with Crippen molar-refractivity contribution in [2.45, 2.75) is 0 Å². The van der Waals surface area contributed by atoms with Crippen LogP contribution in [0.4, 0.5) is 17.1 Å². The van der Waals surface area contributed by atoms with Gasteiger partial charge in [0.05, 0.1) is 23.5 Å². The quantitative estimate of drug-likeness (QED) is 0.546. The first-order valence-corrected chi connectivity index (χ1v) is 8.70. The van der Waals surface area contributed by atoms with E-state index in [1.807, 2.05) is 0 Å². The molecule has 8 heteroatoms. The van der Waals surface area contributed by atoms with Crippen molar-refractivity contribution in [3.8, 4) is 0 Å². The smallest absolute Gasteiger partial charge is 0.291 e. The number of carbonyl (C=O) groups is 2. The Morgan fingerprint density at radius 2 is 1.74 bits per heavy atom. The molecule has 0 saturated heterocycles. The van der Waals surface area contributed by atoms with Crippen molar-refractivity contribution in [3.63, 3.8) is 0 Å². The van der Waals surface area contributed by atoms with Crippen molar-refractivity contribution in [2.75, 3.05) is 22.5 Å². The average Bonchev–Trinajstić information content (AvgIpc) is 3.18. The molecule has 138 valence electrons. The van der Waals surface area contributed by atoms with Crippen molar-refractivity contribution >= 4 is 52.1 Å². The maximum absolute atomic E-state index is 12.1. The van der Waals surface area contributed by atoms with E-state index in [0.717, 1.165) is 0 Å². The highest BCUT2D eigenvalue weighted by atomic mass is 35.5. The van der Waals surface area contributed by atoms with E-state index >= 15 is 0 Å². The van der Waals surface area contributed by atoms with Gasteiger partial charge >= 0.3 is 0 Å². The molecule has 3 aromatic rings. The van der Waals surface area contributed by atoms with Crippen LogP contribution in [0.3, 0.4) is 0 Å². The monoisotopic (exact) mass is 403 g/mol. The SMILES string of the molecule is O=C(CNc1cccc(NC(=O)c2ccco2)c1)Nc1cc(Cl)ccc1Cl. The molecule has 0 atom stereocenters. The van der Waals surface area contributed by atoms with E-state index in [1.165, 1.54) is 6.26 Å². The first-order chi connectivity index (χ1) is 13.0. The van der Waals surface area contributed by atoms with Crippen molar-refractivity contribution in [3.05, 3.63) is 76.7 Å². The molecule has 0 unspecified atom stereocenters. The second kappa shape index (κ2) is 8.62. The van der Waals surface area contributed by atoms with Crippen LogP contribution in [-0.4, -0.2) is 18.4 Å². The first kappa shape index (κ1) is 18.8. The minimum Gasteiger partial charge on any atom is -0.459 e. The number of rotatable bonds is 6. The lowest BCUT2D eigenvalue weighted by Crippen LogP contribution is -2.22. The summed E-state index contributed by atoms with van der Waals surface area (Å²) in [7, 11) is 0. The van der Waals surface area contributed by atoms with Gasteiger partial charge < -0.3 is 20.4 Å². The first-order valence-electron chi connectivity index (χ1n) is 7.95. The van der Waals surface area contributed by atoms with Crippen LogP contribution < -0.4 is 16.0 Å². The van der Waals surface area contributed by atoms with Gasteiger partial charge in [-0.15, -0.1) is 0 Å². The van der Waals surface area contributed by atoms with Gasteiger partial charge in [-0.2, -0.15) is 0 Å². The number of hydrogen-bond acceptors (Lipinski definition) is 4. The fourth-order valence-corrected chi connectivity index (χ4v) is 2.61. The van der Waals surface area contributed by atoms with E-state index < -0.39 is 0 Å². The molecule has 0 saturated carbocycles. The lowest BCUT2D eigenvalue weighted by atomic mass is 10.2. The van der Waals surface area contributed by atoms with E-state index in [-0.39, 0.29) is 24.1 Å². The Balaban J connectivity index is 1.57. The number of hydrogen-bond donors (Lipinski definition) is 3. The van der Waals surface area contributed by atoms with Gasteiger partial charge in [-0.3, -0.25) is 9.59 Å². The van der Waals surface area contributed by atoms with Crippen LogP contribution in [0.25, 0.3) is 0 Å². The molecule has 27 heavy (non-hydrogen) atoms. The third-order valence-electron chi connectivity index (χ3n) is 3.52. The van der Waals surface area contributed by atoms with Crippen molar-refractivity contribution in [1.29, 1.82) is 0 Å². The highest BCUT2D eigenvalue weighted by Gasteiger charge is 2.10. The maximum Gasteiger partial charge on any atom is 0.291 e. The van der Waals surface area contributed by atoms with Crippen LogP contribution in [0.5, 0.6) is 0 Å². The van der Waals surface area contributed by atoms with Gasteiger partial charge in [0.2, 0.25) is 5.91 Å². The molecule has 0 fully saturated rings. The number of anilines is 3. The second-order valence-corrected chi connectivity index (χ2v) is 6.38. The van der Waals surface area contributed by atoms with Gasteiger partial charge in [0.15, 0.2) is 5.76 Å². The number of amides is 2. The van der Waals surface area contributed by atoms with Crippen LogP contribution in [0, 0.1) is 0 Å². The normalized spacial score (nSPS) is 10.3. The summed E-state index contributed by atoms with van der Waals surface area (Å²) >= 11 is 11.9. The fourth-order valence-electron chi connectivity index (χ4n) is 2.28. The van der Waals surface area contributed by atoms with Crippen LogP contribution in [0.1, 0.15) is 10.6 Å². The van der Waals surface area contributed by atoms with E-state index in [0.29, 0.717) is 27.1 Å². The fraction of sp³-hybridized carbons (Fsp3) is 0.0526. The van der Waals surface area contributed by atoms with Crippen molar-refractivity contribution in [1.82, 2.24) is 0 Å². The molecular formula is C19H15Cl2N3O3. The molecule has 2 amide bonds. The standard InChI is InChI=1S/C19H15Cl2N3O3/c20-12-6-7-15(21)16(9-12)24-18(25)11-22-13-3-1-4-14(10-13)23-19(26)17-5-2-8-27-17/h1-10,22H,11H2,(H,23,26)(H,24,25). The van der Waals surface area contributed by atoms with E-state index in [4.69, 9.17) is 27.6 Å². The average molecular weight is 404 g/mol. The molecule has 0 spiro atoms. The third-order valence-corrected chi connectivity index (χ3v) is 4.09. The summed E-state index contributed by atoms with van der Waals surface area (Å²) in [6.45, 7) is 0.0123. The molecule has 0 bridgehead atoms. The van der Waals surface area contributed by atoms with Gasteiger partial charge in [-0.1, -0.05) is 29.3 Å². The molecular weight excluding hydrogens is 389 g/mol. The van der Waals surface area contributed by atoms with Crippen LogP contribution in [-0.2, 0) is 4.79 Å². The molecule has 0 aliphatic carbocycles. The van der Waals surface area contributed by atoms with Crippen LogP contribution in [0.2, 0.25) is 10.0 Å². The Kier molecular flexibility index (Phi) is 6.01. The zero-order valence-corrected chi connectivity index (χ0v) is 15.5. The van der Waals surface area contributed by atoms with Crippen LogP contribution in [0.15, 0.2) is 65.3 Å². The number of nitrogens with one attached hydrogen (secondary N) is 3. The Morgan fingerprint density at radius 1 is 0.926 bits per heavy atom. The molecule has 0 radical (unpaired) electrons. The topological polar surface area (TPSA) is 83.4 Å². The van der Waals surface area contributed by atoms with Gasteiger partial charge in [-0.05, 0) is 48.5 Å². The second-order valence-electron chi connectivity index (χ2n) is 5.54. The molecule has 3 rings (SSSR count). The summed E-state index contributed by atoms with van der Waals surface area (Å²) in [5.41, 5.74) is 1.68. The Hall–Kier alpha value is -2.96. The molecule has 6 nitrogen and oxygen atoms in total. The summed E-state index contributed by atoms with van der Waals surface area (Å²) in [6.07, 6.45) is 1.43. The maximum atomic E-state index is 12.1. The number of halogens is 2. The highest BCUT2D eigenvalue weighted by Crippen LogP contribution is 2.25. The van der Waals surface area contributed by atoms with E-state index in [1.54, 1.807) is 54.6 Å². The molecule has 1 heterocycles. The van der Waals surface area contributed by atoms with E-state index in [9.17, 15) is 9.59 Å². The Labute approximate surface area is 165 Å². The van der Waals surface area contributed by atoms with Gasteiger partial charge in [0, 0.05) is 16.4 Å². The Morgan fingerprint density at radius 3 is 2.52 bits per heavy atom. The molecule has 0 aliphatic heterocycles. The predicted octanol–water partition coefficient (Wildman–Crippen LogP) is 4.89. The number of benzene rings is 2. The summed E-state index contributed by atoms with van der Waals surface area (Å²) in [5.74, 6) is -0.430. The minimum atomic E-state index is -0.356. The molecule has 2 aromatic carbocycles. The predicted molar refractivity (Wildman–Crippen MR) is 107 cm³/mol. The summed E-state index contributed by atoms with van der Waals surface area (Å²) in [6, 6.07) is 15.0. The van der Waals surface area contributed by atoms with Crippen LogP contribution >= 0.6 is 23.2 Å². The summed E-state index contributed by atoms with van der Waals surface area (Å²) in [5, 5.41) is 9.26. The number of carbonyl (C=O) groups excluding carboxylic acids is 2. The van der Waals surface area contributed by atoms with Gasteiger partial charge in [0.1, 0.15) is 0 Å². The Bertz CT molecular complexity index is 959. The molecule has 1 aromatic heterocycles. The summed E-state index contributed by atoms with van der Waals surface area (Å²) in [4.78, 5) is 24.1. The van der Waals surface area contributed by atoms with Gasteiger partial charge in [0.25, 0.3) is 5.91 Å². The minimum absolute atomic E-state index is 0.0123. The van der Waals surface area contributed by atoms with E-state index in [2.05, 4.69) is 16.0 Å². The third kappa shape index (κ3) is 5.26. The molecule has 3 N–H and O–H groups in total. The largest absolute Gasteiger partial charge is 0.459 e. The lowest BCUT2D eigenvalue weighted by Gasteiger charge is -2.11. The summed E-state index contributed by atoms with van der Waals surface area (Å²) < 4.78 is 5.05. The highest BCUT2D eigenvalue weighted by molar-refractivity contribution is 6.35. The molecule has 0 aliphatic rings. The number of furan rings is 1. The van der Waals surface area contributed by atoms with Crippen molar-refractivity contribution in [2.24, 2.45) is 0 Å². The zero-order valence-electron chi connectivity index (χ0n) is 14.0. The van der Waals surface area contributed by atoms with Gasteiger partial charge in [-0.25, -0.2) is 0 Å². The zero-order chi connectivity index (χ0) is 19.2. The lowest BCUT2D eigenvalue weighted by molar-refractivity contribution is -0.114.